The lowest BCUT2D eigenvalue weighted by Crippen LogP contribution is -2.37. The highest BCUT2D eigenvalue weighted by Gasteiger charge is 2.39. The van der Waals surface area contributed by atoms with Gasteiger partial charge in [-0.2, -0.15) is 0 Å². The first-order valence-electron chi connectivity index (χ1n) is 6.63. The number of fused-ring (bicyclic) bond motifs is 1. The van der Waals surface area contributed by atoms with Crippen LogP contribution in [0.25, 0.3) is 0 Å². The molecule has 4 heteroatoms. The average molecular weight is 252 g/mol. The van der Waals surface area contributed by atoms with Crippen molar-refractivity contribution in [2.24, 2.45) is 17.8 Å². The van der Waals surface area contributed by atoms with Gasteiger partial charge in [-0.1, -0.05) is 12.5 Å². The van der Waals surface area contributed by atoms with Crippen LogP contribution in [0.5, 0.6) is 0 Å². The number of ketones is 1. The van der Waals surface area contributed by atoms with Gasteiger partial charge in [0.15, 0.2) is 5.78 Å². The molecule has 0 spiro atoms. The first-order chi connectivity index (χ1) is 8.49. The topological polar surface area (TPSA) is 74.6 Å². The number of carboxylic acids is 1. The third kappa shape index (κ3) is 2.64. The minimum Gasteiger partial charge on any atom is -0.481 e. The Hall–Kier alpha value is -1.16. The predicted octanol–water partition coefficient (Wildman–Crippen LogP) is 1.77. The van der Waals surface area contributed by atoms with Gasteiger partial charge in [0.1, 0.15) is 0 Å². The van der Waals surface area contributed by atoms with Crippen molar-refractivity contribution in [3.8, 4) is 0 Å². The monoisotopic (exact) mass is 252 g/mol. The number of aliphatic carboxylic acids is 1. The van der Waals surface area contributed by atoms with E-state index in [0.29, 0.717) is 18.8 Å². The van der Waals surface area contributed by atoms with Gasteiger partial charge in [0.25, 0.3) is 0 Å². The van der Waals surface area contributed by atoms with E-state index in [0.717, 1.165) is 18.4 Å². The van der Waals surface area contributed by atoms with Crippen molar-refractivity contribution in [3.63, 3.8) is 0 Å². The summed E-state index contributed by atoms with van der Waals surface area (Å²) in [4.78, 5) is 22.6. The molecule has 2 aliphatic rings. The number of carbonyl (C=O) groups excluding carboxylic acids is 1. The van der Waals surface area contributed by atoms with Crippen LogP contribution >= 0.6 is 0 Å². The largest absolute Gasteiger partial charge is 0.481 e. The van der Waals surface area contributed by atoms with Gasteiger partial charge < -0.3 is 10.2 Å². The van der Waals surface area contributed by atoms with E-state index in [4.69, 9.17) is 5.11 Å². The summed E-state index contributed by atoms with van der Waals surface area (Å²) in [5, 5.41) is 18.5. The van der Waals surface area contributed by atoms with Gasteiger partial charge in [0.2, 0.25) is 0 Å². The van der Waals surface area contributed by atoms with Gasteiger partial charge in [0, 0.05) is 12.3 Å². The summed E-state index contributed by atoms with van der Waals surface area (Å²) in [6.07, 6.45) is 4.23. The molecular weight excluding hydrogens is 232 g/mol. The van der Waals surface area contributed by atoms with Gasteiger partial charge in [-0.3, -0.25) is 9.59 Å². The van der Waals surface area contributed by atoms with Crippen molar-refractivity contribution >= 4 is 11.8 Å². The van der Waals surface area contributed by atoms with Crippen LogP contribution in [-0.2, 0) is 9.59 Å². The number of hydrogen-bond donors (Lipinski definition) is 2. The first-order valence-corrected chi connectivity index (χ1v) is 6.63. The summed E-state index contributed by atoms with van der Waals surface area (Å²) < 4.78 is 0. The Bertz CT molecular complexity index is 385. The number of aliphatic hydroxyl groups excluding tert-OH is 1. The Morgan fingerprint density at radius 1 is 1.44 bits per heavy atom. The molecule has 0 bridgehead atoms. The summed E-state index contributed by atoms with van der Waals surface area (Å²) in [5.41, 5.74) is 1.03. The molecule has 2 aliphatic carbocycles. The molecule has 0 aromatic heterocycles. The zero-order chi connectivity index (χ0) is 13.3. The molecule has 0 aliphatic heterocycles. The summed E-state index contributed by atoms with van der Waals surface area (Å²) in [7, 11) is 0. The predicted molar refractivity (Wildman–Crippen MR) is 66.0 cm³/mol. The highest BCUT2D eigenvalue weighted by molar-refractivity contribution is 5.93. The van der Waals surface area contributed by atoms with Crippen molar-refractivity contribution in [1.82, 2.24) is 0 Å². The minimum absolute atomic E-state index is 0.0886. The van der Waals surface area contributed by atoms with Gasteiger partial charge in [0.05, 0.1) is 6.10 Å². The zero-order valence-corrected chi connectivity index (χ0v) is 10.6. The number of aliphatic hydroxyl groups is 1. The molecule has 1 saturated carbocycles. The Morgan fingerprint density at radius 3 is 2.83 bits per heavy atom. The maximum absolute atomic E-state index is 11.9. The minimum atomic E-state index is -0.804. The second-order valence-electron chi connectivity index (χ2n) is 5.55. The normalized spacial score (nSPS) is 35.9. The van der Waals surface area contributed by atoms with E-state index < -0.39 is 5.97 Å². The van der Waals surface area contributed by atoms with E-state index in [1.165, 1.54) is 0 Å². The van der Waals surface area contributed by atoms with Crippen LogP contribution in [0.15, 0.2) is 11.6 Å². The lowest BCUT2D eigenvalue weighted by Gasteiger charge is -2.40. The lowest BCUT2D eigenvalue weighted by atomic mass is 9.65. The van der Waals surface area contributed by atoms with E-state index in [-0.39, 0.29) is 30.1 Å². The summed E-state index contributed by atoms with van der Waals surface area (Å²) in [5.74, 6) is -0.387. The molecule has 100 valence electrons. The van der Waals surface area contributed by atoms with E-state index in [1.807, 2.05) is 6.92 Å². The number of hydrogen-bond acceptors (Lipinski definition) is 3. The molecule has 2 N–H and O–H groups in total. The van der Waals surface area contributed by atoms with Crippen LogP contribution < -0.4 is 0 Å². The highest BCUT2D eigenvalue weighted by Crippen LogP contribution is 2.43. The van der Waals surface area contributed by atoms with E-state index >= 15 is 0 Å². The molecule has 4 atom stereocenters. The van der Waals surface area contributed by atoms with Gasteiger partial charge in [-0.05, 0) is 43.6 Å². The number of carboxylic acid groups (broad SMARTS) is 1. The standard InChI is InChI=1S/C14H20O4/c1-8-11(4-5-14(17)18)12-3-2-10(15)6-9(12)7-13(8)16/h7-8,10-12,15H,2-6H2,1H3,(H,17,18)/t8-,10+,11+,12+/m1/s1. The Kier molecular flexibility index (Phi) is 3.85. The quantitative estimate of drug-likeness (QED) is 0.802. The molecule has 1 fully saturated rings. The van der Waals surface area contributed by atoms with Crippen molar-refractivity contribution in [1.29, 1.82) is 0 Å². The van der Waals surface area contributed by atoms with Crippen LogP contribution in [-0.4, -0.2) is 28.1 Å². The fraction of sp³-hybridized carbons (Fsp3) is 0.714. The maximum atomic E-state index is 11.9. The van der Waals surface area contributed by atoms with Gasteiger partial charge in [-0.25, -0.2) is 0 Å². The van der Waals surface area contributed by atoms with Crippen molar-refractivity contribution in [2.45, 2.75) is 45.1 Å². The molecule has 0 unspecified atom stereocenters. The van der Waals surface area contributed by atoms with Crippen molar-refractivity contribution < 1.29 is 19.8 Å². The maximum Gasteiger partial charge on any atom is 0.303 e. The molecule has 0 amide bonds. The molecule has 0 heterocycles. The molecule has 0 aromatic rings. The number of carbonyl (C=O) groups is 2. The van der Waals surface area contributed by atoms with Crippen LogP contribution in [0.4, 0.5) is 0 Å². The molecular formula is C14H20O4. The van der Waals surface area contributed by atoms with Crippen LogP contribution in [0.1, 0.15) is 39.0 Å². The van der Waals surface area contributed by atoms with E-state index in [2.05, 4.69) is 0 Å². The number of allylic oxidation sites excluding steroid dienone is 1. The molecule has 2 rings (SSSR count). The van der Waals surface area contributed by atoms with Crippen LogP contribution in [0, 0.1) is 17.8 Å². The first kappa shape index (κ1) is 13.3. The third-order valence-electron chi connectivity index (χ3n) is 4.39. The molecule has 0 aromatic carbocycles. The van der Waals surface area contributed by atoms with Crippen LogP contribution in [0.3, 0.4) is 0 Å². The molecule has 4 nitrogen and oxygen atoms in total. The molecule has 0 radical (unpaired) electrons. The Morgan fingerprint density at radius 2 is 2.17 bits per heavy atom. The second-order valence-corrected chi connectivity index (χ2v) is 5.55. The van der Waals surface area contributed by atoms with Gasteiger partial charge >= 0.3 is 5.97 Å². The highest BCUT2D eigenvalue weighted by atomic mass is 16.4. The molecule has 0 saturated heterocycles. The average Bonchev–Trinajstić information content (AvgIpc) is 2.29. The zero-order valence-electron chi connectivity index (χ0n) is 10.6. The molecule has 18 heavy (non-hydrogen) atoms. The summed E-state index contributed by atoms with van der Waals surface area (Å²) in [6, 6.07) is 0. The summed E-state index contributed by atoms with van der Waals surface area (Å²) in [6.45, 7) is 1.90. The van der Waals surface area contributed by atoms with Crippen LogP contribution in [0.2, 0.25) is 0 Å². The smallest absolute Gasteiger partial charge is 0.303 e. The fourth-order valence-corrected chi connectivity index (χ4v) is 3.35. The lowest BCUT2D eigenvalue weighted by molar-refractivity contribution is -0.138. The van der Waals surface area contributed by atoms with Gasteiger partial charge in [-0.15, -0.1) is 0 Å². The van der Waals surface area contributed by atoms with Crippen molar-refractivity contribution in [2.75, 3.05) is 0 Å². The second kappa shape index (κ2) is 5.22. The van der Waals surface area contributed by atoms with E-state index in [1.54, 1.807) is 6.08 Å². The Labute approximate surface area is 107 Å². The SMILES string of the molecule is C[C@H]1C(=O)C=C2C[C@@H](O)CC[C@@H]2[C@H]1CCC(=O)O. The number of rotatable bonds is 3. The van der Waals surface area contributed by atoms with Crippen molar-refractivity contribution in [3.05, 3.63) is 11.6 Å². The fourth-order valence-electron chi connectivity index (χ4n) is 3.35. The third-order valence-corrected chi connectivity index (χ3v) is 4.39. The summed E-state index contributed by atoms with van der Waals surface area (Å²) >= 11 is 0. The Balaban J connectivity index is 2.15. The van der Waals surface area contributed by atoms with E-state index in [9.17, 15) is 14.7 Å².